The Morgan fingerprint density at radius 3 is 1.87 bits per heavy atom. The number of rotatable bonds is 12. The van der Waals surface area contributed by atoms with Gasteiger partial charge in [0, 0.05) is 36.2 Å². The summed E-state index contributed by atoms with van der Waals surface area (Å²) in [6.07, 6.45) is 0.0619. The fraction of sp³-hybridized carbons (Fsp3) is 0.550. The zero-order valence-corrected chi connectivity index (χ0v) is 25.4. The maximum absolute atomic E-state index is 13.2. The van der Waals surface area contributed by atoms with E-state index in [4.69, 9.17) is 13.7 Å². The van der Waals surface area contributed by atoms with Crippen molar-refractivity contribution in [3.05, 3.63) is 28.8 Å². The maximum atomic E-state index is 13.2. The van der Waals surface area contributed by atoms with E-state index in [0.717, 1.165) is 3.51 Å². The molecule has 0 aromatic heterocycles. The van der Waals surface area contributed by atoms with Crippen molar-refractivity contribution < 1.29 is 48.5 Å². The summed E-state index contributed by atoms with van der Waals surface area (Å²) in [6.45, 7) is 5.00. The minimum atomic E-state index is -4.35. The number of carbonyl (C=O) groups excluding carboxylic acids is 2. The Labute approximate surface area is 231 Å². The first-order chi connectivity index (χ1) is 17.2. The van der Waals surface area contributed by atoms with E-state index in [2.05, 4.69) is 10.6 Å². The monoisotopic (exact) mass is 711 g/mol. The van der Waals surface area contributed by atoms with Crippen molar-refractivity contribution >= 4 is 72.4 Å². The molecule has 18 heteroatoms. The third-order valence-corrected chi connectivity index (χ3v) is 11.5. The van der Waals surface area contributed by atoms with Gasteiger partial charge in [0.2, 0.25) is 0 Å². The Hall–Kier alpha value is -1.71. The van der Waals surface area contributed by atoms with Crippen LogP contribution in [0.4, 0.5) is 5.69 Å². The zero-order chi connectivity index (χ0) is 29.1. The van der Waals surface area contributed by atoms with E-state index in [1.165, 1.54) is 12.1 Å². The third kappa shape index (κ3) is 9.49. The summed E-state index contributed by atoms with van der Waals surface area (Å²) in [5.74, 6) is -3.44. The molecule has 1 aromatic rings. The van der Waals surface area contributed by atoms with Crippen LogP contribution in [0.2, 0.25) is 0 Å². The Morgan fingerprint density at radius 1 is 0.868 bits per heavy atom. The van der Waals surface area contributed by atoms with Gasteiger partial charge in [-0.3, -0.25) is 23.2 Å². The van der Waals surface area contributed by atoms with Crippen molar-refractivity contribution in [2.45, 2.75) is 32.6 Å². The zero-order valence-electron chi connectivity index (χ0n) is 20.8. The van der Waals surface area contributed by atoms with Gasteiger partial charge in [-0.25, -0.2) is 0 Å². The Morgan fingerprint density at radius 2 is 1.37 bits per heavy atom. The fourth-order valence-electron chi connectivity index (χ4n) is 3.59. The average molecular weight is 712 g/mol. The number of amides is 2. The second kappa shape index (κ2) is 12.2. The molecule has 2 amide bonds. The molecule has 0 fully saturated rings. The predicted molar refractivity (Wildman–Crippen MR) is 150 cm³/mol. The highest BCUT2D eigenvalue weighted by molar-refractivity contribution is 14.2. The van der Waals surface area contributed by atoms with Crippen molar-refractivity contribution in [1.82, 2.24) is 10.6 Å². The molecule has 0 saturated carbocycles. The molecule has 14 nitrogen and oxygen atoms in total. The van der Waals surface area contributed by atoms with E-state index < -0.39 is 98.9 Å². The summed E-state index contributed by atoms with van der Waals surface area (Å²) in [6, 6.07) is 2.77. The summed E-state index contributed by atoms with van der Waals surface area (Å²) in [4.78, 5) is 26.1. The van der Waals surface area contributed by atoms with Crippen molar-refractivity contribution in [2.24, 2.45) is 0 Å². The molecule has 1 aromatic carbocycles. The highest BCUT2D eigenvalue weighted by atomic mass is 127. The van der Waals surface area contributed by atoms with Crippen molar-refractivity contribution in [3.8, 4) is 0 Å². The number of carbonyl (C=O) groups is 2. The molecule has 0 spiro atoms. The number of fused-ring (bicyclic) bond motifs is 1. The number of benzene rings is 1. The SMILES string of the molecule is CC1=IN(CCCS(=O)(=O)O)c2cc(C(=O)NCCS(=O)(=O)O)cc(C(=O)NCCS(=O)(=O)O)c2C1(C)C. The summed E-state index contributed by atoms with van der Waals surface area (Å²) < 4.78 is 96.5. The van der Waals surface area contributed by atoms with Crippen molar-refractivity contribution in [2.75, 3.05) is 40.0 Å². The molecule has 2 rings (SSSR count). The van der Waals surface area contributed by atoms with Crippen LogP contribution in [-0.2, 0) is 35.8 Å². The summed E-state index contributed by atoms with van der Waals surface area (Å²) in [5, 5.41) is 4.76. The lowest BCUT2D eigenvalue weighted by molar-refractivity contribution is 0.0954. The molecular formula is C20H30IN3O11S3. The Balaban J connectivity index is 2.58. The topological polar surface area (TPSA) is 225 Å². The number of anilines is 1. The van der Waals surface area contributed by atoms with E-state index in [1.807, 2.05) is 23.9 Å². The van der Waals surface area contributed by atoms with Crippen LogP contribution in [0.5, 0.6) is 0 Å². The maximum Gasteiger partial charge on any atom is 0.266 e. The summed E-state index contributed by atoms with van der Waals surface area (Å²) >= 11 is -0.876. The molecule has 216 valence electrons. The van der Waals surface area contributed by atoms with Gasteiger partial charge in [0.1, 0.15) is 0 Å². The van der Waals surface area contributed by atoms with Crippen LogP contribution in [0, 0.1) is 0 Å². The molecule has 0 atom stereocenters. The van der Waals surface area contributed by atoms with Crippen molar-refractivity contribution in [3.63, 3.8) is 0 Å². The minimum absolute atomic E-state index is 0.0295. The van der Waals surface area contributed by atoms with Gasteiger partial charge in [-0.05, 0) is 55.6 Å². The van der Waals surface area contributed by atoms with Crippen molar-refractivity contribution in [1.29, 1.82) is 0 Å². The molecule has 38 heavy (non-hydrogen) atoms. The molecule has 0 aliphatic carbocycles. The molecule has 5 N–H and O–H groups in total. The fourth-order valence-corrected chi connectivity index (χ4v) is 7.78. The Bertz CT molecular complexity index is 1450. The van der Waals surface area contributed by atoms with E-state index in [9.17, 15) is 34.8 Å². The standard InChI is InChI=1S/C20H30IN3O11S3/c1-13-20(2,3)17-15(19(26)23-6-10-38(33,34)35)11-14(18(25)22-5-9-37(30,31)32)12-16(17)24(21-13)7-4-8-36(27,28)29/h11-12H,4-10H2,1-3H3,(H,22,25)(H,23,26)(H,27,28,29)(H,30,31,32)(H,33,34,35). The third-order valence-electron chi connectivity index (χ3n) is 5.65. The van der Waals surface area contributed by atoms with Crippen LogP contribution in [0.25, 0.3) is 0 Å². The normalized spacial score (nSPS) is 15.6. The molecule has 1 heterocycles. The lowest BCUT2D eigenvalue weighted by atomic mass is 9.77. The van der Waals surface area contributed by atoms with Gasteiger partial charge in [-0.1, -0.05) is 13.8 Å². The molecule has 1 aliphatic heterocycles. The number of hydrogen-bond donors (Lipinski definition) is 5. The summed E-state index contributed by atoms with van der Waals surface area (Å²) in [5.41, 5.74) is 0.305. The van der Waals surface area contributed by atoms with E-state index in [1.54, 1.807) is 0 Å². The lowest BCUT2D eigenvalue weighted by Crippen LogP contribution is -2.39. The molecular weight excluding hydrogens is 681 g/mol. The molecule has 0 unspecified atom stereocenters. The van der Waals surface area contributed by atoms with Crippen LogP contribution in [0.1, 0.15) is 53.5 Å². The highest BCUT2D eigenvalue weighted by Gasteiger charge is 2.37. The lowest BCUT2D eigenvalue weighted by Gasteiger charge is -2.39. The smallest absolute Gasteiger partial charge is 0.266 e. The van der Waals surface area contributed by atoms with Gasteiger partial charge < -0.3 is 13.7 Å². The quantitative estimate of drug-likeness (QED) is 0.113. The minimum Gasteiger partial charge on any atom is -0.351 e. The molecule has 0 radical (unpaired) electrons. The number of nitrogens with zero attached hydrogens (tertiary/aromatic N) is 1. The first kappa shape index (κ1) is 32.5. The first-order valence-electron chi connectivity index (χ1n) is 11.1. The van der Waals surface area contributed by atoms with Gasteiger partial charge in [-0.2, -0.15) is 25.3 Å². The van der Waals surface area contributed by atoms with E-state index in [-0.39, 0.29) is 24.1 Å². The number of nitrogens with one attached hydrogen (secondary N) is 2. The van der Waals surface area contributed by atoms with Crippen LogP contribution < -0.4 is 13.7 Å². The van der Waals surface area contributed by atoms with Crippen LogP contribution in [0.15, 0.2) is 12.1 Å². The van der Waals surface area contributed by atoms with Crippen LogP contribution in [0.3, 0.4) is 0 Å². The second-order valence-corrected chi connectivity index (χ2v) is 17.0. The van der Waals surface area contributed by atoms with Gasteiger partial charge in [0.25, 0.3) is 42.2 Å². The number of halogens is 1. The van der Waals surface area contributed by atoms with Gasteiger partial charge in [0.05, 0.1) is 22.9 Å². The predicted octanol–water partition coefficient (Wildman–Crippen LogP) is 0.375. The highest BCUT2D eigenvalue weighted by Crippen LogP contribution is 2.45. The van der Waals surface area contributed by atoms with E-state index in [0.29, 0.717) is 11.3 Å². The first-order valence-corrected chi connectivity index (χ1v) is 18.0. The summed E-state index contributed by atoms with van der Waals surface area (Å²) in [7, 11) is -12.9. The Kier molecular flexibility index (Phi) is 10.4. The molecule has 0 saturated heterocycles. The largest absolute Gasteiger partial charge is 0.351 e. The number of hydrogen-bond acceptors (Lipinski definition) is 9. The van der Waals surface area contributed by atoms with Gasteiger partial charge in [-0.15, -0.1) is 0 Å². The molecule has 0 bridgehead atoms. The van der Waals surface area contributed by atoms with Gasteiger partial charge >= 0.3 is 0 Å². The molecule has 1 aliphatic rings. The average Bonchev–Trinajstić information content (AvgIpc) is 2.73. The van der Waals surface area contributed by atoms with Gasteiger partial charge in [0.15, 0.2) is 0 Å². The second-order valence-electron chi connectivity index (χ2n) is 8.97. The van der Waals surface area contributed by atoms with Crippen LogP contribution >= 0.6 is 21.0 Å². The van der Waals surface area contributed by atoms with E-state index >= 15 is 0 Å². The van der Waals surface area contributed by atoms with Crippen LogP contribution in [-0.4, -0.2) is 91.1 Å².